The third-order valence-corrected chi connectivity index (χ3v) is 4.62. The summed E-state index contributed by atoms with van der Waals surface area (Å²) in [5.74, 6) is 0.773. The summed E-state index contributed by atoms with van der Waals surface area (Å²) < 4.78 is 10.5. The summed E-state index contributed by atoms with van der Waals surface area (Å²) in [6, 6.07) is 0. The number of amides is 2. The van der Waals surface area contributed by atoms with Gasteiger partial charge in [-0.05, 0) is 26.7 Å². The van der Waals surface area contributed by atoms with E-state index in [0.29, 0.717) is 38.2 Å². The molecule has 1 aromatic rings. The number of rotatable bonds is 2. The van der Waals surface area contributed by atoms with Gasteiger partial charge >= 0.3 is 6.09 Å². The summed E-state index contributed by atoms with van der Waals surface area (Å²) in [7, 11) is 0. The molecule has 1 unspecified atom stereocenters. The molecule has 0 aromatic carbocycles. The summed E-state index contributed by atoms with van der Waals surface area (Å²) in [4.78, 5) is 25.7. The number of ether oxygens (including phenoxy) is 1. The molecule has 2 fully saturated rings. The minimum atomic E-state index is -0.435. The molecule has 2 aliphatic heterocycles. The van der Waals surface area contributed by atoms with E-state index in [9.17, 15) is 9.59 Å². The predicted octanol–water partition coefficient (Wildman–Crippen LogP) is 1.33. The Labute approximate surface area is 129 Å². The molecule has 22 heavy (non-hydrogen) atoms. The van der Waals surface area contributed by atoms with Crippen LogP contribution in [0.2, 0.25) is 0 Å². The predicted molar refractivity (Wildman–Crippen MR) is 77.3 cm³/mol. The van der Waals surface area contributed by atoms with E-state index in [2.05, 4.69) is 10.5 Å². The van der Waals surface area contributed by atoms with Gasteiger partial charge in [-0.2, -0.15) is 0 Å². The number of hydrogen-bond acceptors (Lipinski definition) is 5. The SMILES string of the molecule is Cc1noc(C)c1CC(=O)N1CCCC2(CC1)CNC(=O)O2. The number of carbonyl (C=O) groups is 2. The monoisotopic (exact) mass is 307 g/mol. The first-order valence-corrected chi connectivity index (χ1v) is 7.65. The van der Waals surface area contributed by atoms with E-state index in [0.717, 1.165) is 24.1 Å². The molecule has 3 heterocycles. The van der Waals surface area contributed by atoms with Crippen LogP contribution in [-0.4, -0.2) is 47.3 Å². The van der Waals surface area contributed by atoms with E-state index in [1.807, 2.05) is 18.7 Å². The van der Waals surface area contributed by atoms with Gasteiger partial charge in [0.25, 0.3) is 0 Å². The van der Waals surface area contributed by atoms with Crippen molar-refractivity contribution in [2.75, 3.05) is 19.6 Å². The fraction of sp³-hybridized carbons (Fsp3) is 0.667. The van der Waals surface area contributed by atoms with Gasteiger partial charge in [-0.3, -0.25) is 4.79 Å². The van der Waals surface area contributed by atoms with E-state index in [-0.39, 0.29) is 12.0 Å². The van der Waals surface area contributed by atoms with E-state index < -0.39 is 5.60 Å². The number of hydrogen-bond donors (Lipinski definition) is 1. The van der Waals surface area contributed by atoms with Crippen LogP contribution in [0.15, 0.2) is 4.52 Å². The highest BCUT2D eigenvalue weighted by Gasteiger charge is 2.41. The van der Waals surface area contributed by atoms with Gasteiger partial charge in [0.2, 0.25) is 5.91 Å². The third kappa shape index (κ3) is 2.80. The lowest BCUT2D eigenvalue weighted by molar-refractivity contribution is -0.130. The largest absolute Gasteiger partial charge is 0.441 e. The second kappa shape index (κ2) is 5.62. The third-order valence-electron chi connectivity index (χ3n) is 4.62. The van der Waals surface area contributed by atoms with Crippen molar-refractivity contribution < 1.29 is 18.8 Å². The molecule has 0 radical (unpaired) electrons. The van der Waals surface area contributed by atoms with Crippen molar-refractivity contribution >= 4 is 12.0 Å². The molecule has 1 N–H and O–H groups in total. The first kappa shape index (κ1) is 14.9. The van der Waals surface area contributed by atoms with Crippen LogP contribution in [0.5, 0.6) is 0 Å². The number of aromatic nitrogens is 1. The Balaban J connectivity index is 1.63. The Morgan fingerprint density at radius 1 is 1.36 bits per heavy atom. The first-order valence-electron chi connectivity index (χ1n) is 7.65. The standard InChI is InChI=1S/C15H21N3O4/c1-10-12(11(2)22-17-10)8-13(19)18-6-3-4-15(5-7-18)9-16-14(20)21-15/h3-9H2,1-2H3,(H,16,20). The Hall–Kier alpha value is -2.05. The van der Waals surface area contributed by atoms with Crippen molar-refractivity contribution in [3.8, 4) is 0 Å². The molecule has 0 saturated carbocycles. The van der Waals surface area contributed by atoms with Gasteiger partial charge in [-0.1, -0.05) is 5.16 Å². The molecule has 120 valence electrons. The molecular weight excluding hydrogens is 286 g/mol. The lowest BCUT2D eigenvalue weighted by Gasteiger charge is -2.25. The Morgan fingerprint density at radius 3 is 2.82 bits per heavy atom. The number of carbonyl (C=O) groups excluding carboxylic acids is 2. The molecule has 1 aromatic heterocycles. The normalized spacial score (nSPS) is 25.0. The second-order valence-corrected chi connectivity index (χ2v) is 6.14. The summed E-state index contributed by atoms with van der Waals surface area (Å²) in [6.45, 7) is 5.51. The summed E-state index contributed by atoms with van der Waals surface area (Å²) in [5, 5.41) is 6.61. The van der Waals surface area contributed by atoms with Crippen molar-refractivity contribution in [1.82, 2.24) is 15.4 Å². The van der Waals surface area contributed by atoms with Crippen LogP contribution in [0.4, 0.5) is 4.79 Å². The highest BCUT2D eigenvalue weighted by atomic mass is 16.6. The fourth-order valence-corrected chi connectivity index (χ4v) is 3.22. The Bertz CT molecular complexity index is 578. The smallest absolute Gasteiger partial charge is 0.407 e. The highest BCUT2D eigenvalue weighted by molar-refractivity contribution is 5.79. The maximum absolute atomic E-state index is 12.5. The van der Waals surface area contributed by atoms with Gasteiger partial charge in [-0.25, -0.2) is 4.79 Å². The molecule has 3 rings (SSSR count). The minimum absolute atomic E-state index is 0.0729. The summed E-state index contributed by atoms with van der Waals surface area (Å²) >= 11 is 0. The maximum atomic E-state index is 12.5. The molecule has 2 saturated heterocycles. The minimum Gasteiger partial charge on any atom is -0.441 e. The van der Waals surface area contributed by atoms with Gasteiger partial charge in [0.15, 0.2) is 0 Å². The van der Waals surface area contributed by atoms with E-state index in [4.69, 9.17) is 9.26 Å². The zero-order valence-corrected chi connectivity index (χ0v) is 13.0. The average molecular weight is 307 g/mol. The van der Waals surface area contributed by atoms with Gasteiger partial charge in [0, 0.05) is 25.1 Å². The fourth-order valence-electron chi connectivity index (χ4n) is 3.22. The number of aryl methyl sites for hydroxylation is 2. The lowest BCUT2D eigenvalue weighted by atomic mass is 9.95. The van der Waals surface area contributed by atoms with E-state index in [1.54, 1.807) is 0 Å². The van der Waals surface area contributed by atoms with Crippen LogP contribution in [-0.2, 0) is 16.0 Å². The molecule has 0 bridgehead atoms. The quantitative estimate of drug-likeness (QED) is 0.891. The van der Waals surface area contributed by atoms with Gasteiger partial charge in [-0.15, -0.1) is 0 Å². The van der Waals surface area contributed by atoms with Crippen molar-refractivity contribution in [2.45, 2.75) is 45.1 Å². The van der Waals surface area contributed by atoms with Gasteiger partial charge < -0.3 is 19.5 Å². The van der Waals surface area contributed by atoms with Crippen LogP contribution in [0.3, 0.4) is 0 Å². The van der Waals surface area contributed by atoms with Crippen LogP contribution < -0.4 is 5.32 Å². The number of nitrogens with zero attached hydrogens (tertiary/aromatic N) is 2. The lowest BCUT2D eigenvalue weighted by Crippen LogP contribution is -2.37. The molecule has 2 amide bonds. The van der Waals surface area contributed by atoms with Crippen molar-refractivity contribution in [2.24, 2.45) is 0 Å². The van der Waals surface area contributed by atoms with Crippen LogP contribution in [0.25, 0.3) is 0 Å². The van der Waals surface area contributed by atoms with Gasteiger partial charge in [0.1, 0.15) is 11.4 Å². The maximum Gasteiger partial charge on any atom is 0.407 e. The average Bonchev–Trinajstić information content (AvgIpc) is 2.91. The summed E-state index contributed by atoms with van der Waals surface area (Å²) in [6.07, 6.45) is 2.27. The van der Waals surface area contributed by atoms with Crippen LogP contribution in [0.1, 0.15) is 36.3 Å². The summed E-state index contributed by atoms with van der Waals surface area (Å²) in [5.41, 5.74) is 1.21. The van der Waals surface area contributed by atoms with Crippen molar-refractivity contribution in [1.29, 1.82) is 0 Å². The molecule has 1 atom stereocenters. The van der Waals surface area contributed by atoms with Gasteiger partial charge in [0.05, 0.1) is 18.7 Å². The Kier molecular flexibility index (Phi) is 3.80. The number of likely N-dealkylation sites (tertiary alicyclic amines) is 1. The highest BCUT2D eigenvalue weighted by Crippen LogP contribution is 2.29. The molecule has 2 aliphatic rings. The van der Waals surface area contributed by atoms with Crippen LogP contribution in [0, 0.1) is 13.8 Å². The number of alkyl carbamates (subject to hydrolysis) is 1. The zero-order chi connectivity index (χ0) is 15.7. The zero-order valence-electron chi connectivity index (χ0n) is 13.0. The first-order chi connectivity index (χ1) is 10.5. The van der Waals surface area contributed by atoms with Crippen molar-refractivity contribution in [3.05, 3.63) is 17.0 Å². The topological polar surface area (TPSA) is 84.7 Å². The van der Waals surface area contributed by atoms with Crippen molar-refractivity contribution in [3.63, 3.8) is 0 Å². The molecule has 0 aliphatic carbocycles. The van der Waals surface area contributed by atoms with Crippen LogP contribution >= 0.6 is 0 Å². The molecule has 1 spiro atoms. The molecule has 7 nitrogen and oxygen atoms in total. The Morgan fingerprint density at radius 2 is 2.18 bits per heavy atom. The van der Waals surface area contributed by atoms with E-state index >= 15 is 0 Å². The molecular formula is C15H21N3O4. The number of nitrogens with one attached hydrogen (secondary N) is 1. The second-order valence-electron chi connectivity index (χ2n) is 6.14. The molecule has 7 heteroatoms. The van der Waals surface area contributed by atoms with E-state index in [1.165, 1.54) is 0 Å².